The number of nitrogens with one attached hydrogen (secondary N) is 4. The van der Waals surface area contributed by atoms with Crippen molar-refractivity contribution in [1.29, 1.82) is 0 Å². The molecule has 0 spiro atoms. The van der Waals surface area contributed by atoms with Crippen molar-refractivity contribution in [1.82, 2.24) is 20.9 Å². The molecule has 0 radical (unpaired) electrons. The zero-order valence-corrected chi connectivity index (χ0v) is 21.6. The zero-order chi connectivity index (χ0) is 27.7. The van der Waals surface area contributed by atoms with Crippen molar-refractivity contribution in [2.45, 2.75) is 51.2 Å². The molecule has 3 amide bonds. The number of para-hydroxylation sites is 1. The number of fused-ring (bicyclic) bond motifs is 1. The minimum Gasteiger partial charge on any atom is -0.480 e. The second-order valence-electron chi connectivity index (χ2n) is 9.40. The van der Waals surface area contributed by atoms with E-state index in [-0.39, 0.29) is 18.8 Å². The van der Waals surface area contributed by atoms with Crippen molar-refractivity contribution in [2.75, 3.05) is 6.54 Å². The van der Waals surface area contributed by atoms with Crippen LogP contribution in [0.1, 0.15) is 31.4 Å². The Morgan fingerprint density at radius 1 is 0.895 bits per heavy atom. The van der Waals surface area contributed by atoms with Gasteiger partial charge in [-0.2, -0.15) is 0 Å². The van der Waals surface area contributed by atoms with Crippen LogP contribution < -0.4 is 21.7 Å². The fourth-order valence-corrected chi connectivity index (χ4v) is 4.13. The van der Waals surface area contributed by atoms with Gasteiger partial charge in [-0.15, -0.1) is 0 Å². The number of carboxylic acid groups (broad SMARTS) is 1. The Morgan fingerprint density at radius 2 is 1.53 bits per heavy atom. The normalized spacial score (nSPS) is 14.2. The average molecular weight is 522 g/mol. The van der Waals surface area contributed by atoms with Gasteiger partial charge in [0.25, 0.3) is 0 Å². The minimum absolute atomic E-state index is 0.0978. The van der Waals surface area contributed by atoms with Gasteiger partial charge >= 0.3 is 5.97 Å². The summed E-state index contributed by atoms with van der Waals surface area (Å²) < 4.78 is 0. The topological polar surface area (TPSA) is 166 Å². The third-order valence-corrected chi connectivity index (χ3v) is 6.62. The third kappa shape index (κ3) is 7.66. The van der Waals surface area contributed by atoms with Gasteiger partial charge in [-0.3, -0.25) is 19.2 Å². The van der Waals surface area contributed by atoms with Crippen molar-refractivity contribution in [3.05, 3.63) is 71.9 Å². The number of benzene rings is 2. The lowest BCUT2D eigenvalue weighted by atomic mass is 9.98. The molecule has 0 aliphatic carbocycles. The molecule has 3 rings (SSSR count). The first-order valence-electron chi connectivity index (χ1n) is 12.6. The molecule has 0 saturated carbocycles. The third-order valence-electron chi connectivity index (χ3n) is 6.62. The van der Waals surface area contributed by atoms with Gasteiger partial charge in [0.2, 0.25) is 17.7 Å². The van der Waals surface area contributed by atoms with Crippen LogP contribution in [0.3, 0.4) is 0 Å². The van der Waals surface area contributed by atoms with E-state index in [9.17, 15) is 19.2 Å². The molecule has 0 saturated heterocycles. The van der Waals surface area contributed by atoms with Crippen LogP contribution in [0, 0.1) is 5.92 Å². The Morgan fingerprint density at radius 3 is 2.21 bits per heavy atom. The summed E-state index contributed by atoms with van der Waals surface area (Å²) in [5.41, 5.74) is 8.61. The Balaban J connectivity index is 1.86. The number of carboxylic acids is 1. The van der Waals surface area contributed by atoms with E-state index in [4.69, 9.17) is 10.8 Å². The standard InChI is InChI=1S/C28H35N5O5/c1-3-17(2)25(29)28(38)33-23(14-19-15-30-21-12-8-7-11-20(19)21)27(37)32-22(26(36)31-16-24(34)35)13-18-9-5-4-6-10-18/h4-12,15,17,22-23,25,30H,3,13-14,16,29H2,1-2H3,(H,31,36)(H,32,37)(H,33,38)(H,34,35). The van der Waals surface area contributed by atoms with E-state index in [1.807, 2.05) is 44.2 Å². The van der Waals surface area contributed by atoms with Crippen LogP contribution in [0.15, 0.2) is 60.8 Å². The number of hydrogen-bond acceptors (Lipinski definition) is 5. The minimum atomic E-state index is -1.20. The second-order valence-corrected chi connectivity index (χ2v) is 9.40. The van der Waals surface area contributed by atoms with Gasteiger partial charge in [0.05, 0.1) is 6.04 Å². The zero-order valence-electron chi connectivity index (χ0n) is 21.6. The molecule has 7 N–H and O–H groups in total. The van der Waals surface area contributed by atoms with E-state index in [0.717, 1.165) is 22.0 Å². The summed E-state index contributed by atoms with van der Waals surface area (Å²) in [5.74, 6) is -2.98. The van der Waals surface area contributed by atoms with Gasteiger partial charge < -0.3 is 31.8 Å². The fraction of sp³-hybridized carbons (Fsp3) is 0.357. The van der Waals surface area contributed by atoms with Crippen molar-refractivity contribution in [3.63, 3.8) is 0 Å². The first-order valence-corrected chi connectivity index (χ1v) is 12.6. The second kappa shape index (κ2) is 13.4. The highest BCUT2D eigenvalue weighted by molar-refractivity contribution is 5.94. The van der Waals surface area contributed by atoms with Crippen molar-refractivity contribution < 1.29 is 24.3 Å². The van der Waals surface area contributed by atoms with Crippen LogP contribution in [0.5, 0.6) is 0 Å². The number of carbonyl (C=O) groups excluding carboxylic acids is 3. The summed E-state index contributed by atoms with van der Waals surface area (Å²) in [6, 6.07) is 13.8. The van der Waals surface area contributed by atoms with E-state index in [1.54, 1.807) is 30.5 Å². The summed E-state index contributed by atoms with van der Waals surface area (Å²) >= 11 is 0. The van der Waals surface area contributed by atoms with Crippen LogP contribution >= 0.6 is 0 Å². The molecule has 4 unspecified atom stereocenters. The molecule has 0 bridgehead atoms. The fourth-order valence-electron chi connectivity index (χ4n) is 4.13. The van der Waals surface area contributed by atoms with Crippen LogP contribution in [-0.4, -0.2) is 58.5 Å². The predicted octanol–water partition coefficient (Wildman–Crippen LogP) is 1.50. The molecule has 38 heavy (non-hydrogen) atoms. The van der Waals surface area contributed by atoms with E-state index >= 15 is 0 Å². The maximum atomic E-state index is 13.6. The maximum Gasteiger partial charge on any atom is 0.322 e. The van der Waals surface area contributed by atoms with Crippen LogP contribution in [-0.2, 0) is 32.0 Å². The number of aromatic amines is 1. The van der Waals surface area contributed by atoms with Gasteiger partial charge in [-0.1, -0.05) is 68.8 Å². The van der Waals surface area contributed by atoms with Gasteiger partial charge in [0, 0.05) is 29.9 Å². The first kappa shape index (κ1) is 28.4. The lowest BCUT2D eigenvalue weighted by Gasteiger charge is -2.25. The summed E-state index contributed by atoms with van der Waals surface area (Å²) in [6.07, 6.45) is 2.77. The molecule has 4 atom stereocenters. The van der Waals surface area contributed by atoms with Gasteiger partial charge in [0.1, 0.15) is 18.6 Å². The number of carbonyl (C=O) groups is 4. The number of nitrogens with two attached hydrogens (primary N) is 1. The Hall–Kier alpha value is -4.18. The van der Waals surface area contributed by atoms with Crippen molar-refractivity contribution in [3.8, 4) is 0 Å². The number of amides is 3. The van der Waals surface area contributed by atoms with Crippen molar-refractivity contribution in [2.24, 2.45) is 11.7 Å². The molecule has 3 aromatic rings. The summed E-state index contributed by atoms with van der Waals surface area (Å²) in [5, 5.41) is 17.7. The molecule has 1 heterocycles. The first-order chi connectivity index (χ1) is 18.2. The van der Waals surface area contributed by atoms with E-state index in [0.29, 0.717) is 6.42 Å². The number of aliphatic carboxylic acids is 1. The SMILES string of the molecule is CCC(C)C(N)C(=O)NC(Cc1c[nH]c2ccccc12)C(=O)NC(Cc1ccccc1)C(=O)NCC(=O)O. The van der Waals surface area contributed by atoms with Crippen LogP contribution in [0.25, 0.3) is 10.9 Å². The summed E-state index contributed by atoms with van der Waals surface area (Å²) in [6.45, 7) is 3.21. The molecule has 202 valence electrons. The molecular formula is C28H35N5O5. The molecule has 0 aliphatic heterocycles. The van der Waals surface area contributed by atoms with Crippen LogP contribution in [0.4, 0.5) is 0 Å². The molecule has 10 nitrogen and oxygen atoms in total. The van der Waals surface area contributed by atoms with Gasteiger partial charge in [-0.25, -0.2) is 0 Å². The highest BCUT2D eigenvalue weighted by Gasteiger charge is 2.30. The lowest BCUT2D eigenvalue weighted by Crippen LogP contribution is -2.57. The lowest BCUT2D eigenvalue weighted by molar-refractivity contribution is -0.138. The molecule has 1 aromatic heterocycles. The number of hydrogen-bond donors (Lipinski definition) is 6. The molecular weight excluding hydrogens is 486 g/mol. The van der Waals surface area contributed by atoms with Crippen molar-refractivity contribution >= 4 is 34.6 Å². The molecule has 0 fully saturated rings. The van der Waals surface area contributed by atoms with Crippen LogP contribution in [0.2, 0.25) is 0 Å². The largest absolute Gasteiger partial charge is 0.480 e. The Labute approximate surface area is 221 Å². The van der Waals surface area contributed by atoms with Gasteiger partial charge in [-0.05, 0) is 23.1 Å². The van der Waals surface area contributed by atoms with E-state index in [1.165, 1.54) is 0 Å². The van der Waals surface area contributed by atoms with Gasteiger partial charge in [0.15, 0.2) is 0 Å². The number of rotatable bonds is 13. The summed E-state index contributed by atoms with van der Waals surface area (Å²) in [7, 11) is 0. The Kier molecular flexibility index (Phi) is 10.0. The Bertz CT molecular complexity index is 1260. The monoisotopic (exact) mass is 521 g/mol. The number of H-pyrrole nitrogens is 1. The highest BCUT2D eigenvalue weighted by Crippen LogP contribution is 2.19. The predicted molar refractivity (Wildman–Crippen MR) is 144 cm³/mol. The quantitative estimate of drug-likeness (QED) is 0.199. The van der Waals surface area contributed by atoms with E-state index in [2.05, 4.69) is 20.9 Å². The maximum absolute atomic E-state index is 13.6. The average Bonchev–Trinajstić information content (AvgIpc) is 3.33. The highest BCUT2D eigenvalue weighted by atomic mass is 16.4. The smallest absolute Gasteiger partial charge is 0.322 e. The number of aromatic nitrogens is 1. The molecule has 2 aromatic carbocycles. The molecule has 0 aliphatic rings. The summed E-state index contributed by atoms with van der Waals surface area (Å²) in [4.78, 5) is 53.6. The molecule has 10 heteroatoms. The van der Waals surface area contributed by atoms with E-state index < -0.39 is 48.4 Å².